The summed E-state index contributed by atoms with van der Waals surface area (Å²) in [5, 5.41) is 16.0. The normalized spacial score (nSPS) is 11.3. The highest BCUT2D eigenvalue weighted by atomic mass is 16.1. The van der Waals surface area contributed by atoms with Gasteiger partial charge in [0.15, 0.2) is 5.82 Å². The van der Waals surface area contributed by atoms with E-state index >= 15 is 0 Å². The number of tetrazole rings is 1. The standard InChI is InChI=1S/C13H17N5O/c1-13(2,3)9-4-6-10(7-5-9)14-12(19)8-11-15-17-18-16-11/h4-7H,8H2,1-3H3,(H,14,19)(H,15,16,17,18). The molecule has 6 nitrogen and oxygen atoms in total. The van der Waals surface area contributed by atoms with Gasteiger partial charge in [0.1, 0.15) is 0 Å². The van der Waals surface area contributed by atoms with Gasteiger partial charge in [0.2, 0.25) is 5.91 Å². The summed E-state index contributed by atoms with van der Waals surface area (Å²) in [6.07, 6.45) is 0.109. The summed E-state index contributed by atoms with van der Waals surface area (Å²) in [4.78, 5) is 11.7. The van der Waals surface area contributed by atoms with Crippen molar-refractivity contribution in [2.45, 2.75) is 32.6 Å². The monoisotopic (exact) mass is 259 g/mol. The van der Waals surface area contributed by atoms with E-state index in [9.17, 15) is 4.79 Å². The topological polar surface area (TPSA) is 83.6 Å². The summed E-state index contributed by atoms with van der Waals surface area (Å²) in [7, 11) is 0. The van der Waals surface area contributed by atoms with Crippen molar-refractivity contribution in [1.82, 2.24) is 20.6 Å². The number of nitrogens with one attached hydrogen (secondary N) is 2. The minimum atomic E-state index is -0.162. The third-order valence-corrected chi connectivity index (χ3v) is 2.74. The van der Waals surface area contributed by atoms with E-state index in [1.807, 2.05) is 24.3 Å². The lowest BCUT2D eigenvalue weighted by atomic mass is 9.87. The Hall–Kier alpha value is -2.24. The van der Waals surface area contributed by atoms with Gasteiger partial charge >= 0.3 is 0 Å². The Labute approximate surface area is 111 Å². The van der Waals surface area contributed by atoms with Crippen LogP contribution in [0.15, 0.2) is 24.3 Å². The zero-order valence-corrected chi connectivity index (χ0v) is 11.3. The van der Waals surface area contributed by atoms with Gasteiger partial charge in [-0.1, -0.05) is 38.1 Å². The molecule has 0 aliphatic heterocycles. The summed E-state index contributed by atoms with van der Waals surface area (Å²) >= 11 is 0. The number of nitrogens with zero attached hydrogens (tertiary/aromatic N) is 3. The van der Waals surface area contributed by atoms with Crippen molar-refractivity contribution in [3.8, 4) is 0 Å². The predicted molar refractivity (Wildman–Crippen MR) is 71.7 cm³/mol. The first kappa shape index (κ1) is 13.2. The summed E-state index contributed by atoms with van der Waals surface area (Å²) in [6, 6.07) is 7.83. The number of rotatable bonds is 3. The summed E-state index contributed by atoms with van der Waals surface area (Å²) < 4.78 is 0. The smallest absolute Gasteiger partial charge is 0.232 e. The Kier molecular flexibility index (Phi) is 3.59. The average molecular weight is 259 g/mol. The SMILES string of the molecule is CC(C)(C)c1ccc(NC(=O)Cc2nn[nH]n2)cc1. The molecule has 0 fully saturated rings. The maximum absolute atomic E-state index is 11.7. The number of hydrogen-bond donors (Lipinski definition) is 2. The minimum Gasteiger partial charge on any atom is -0.326 e. The van der Waals surface area contributed by atoms with Crippen LogP contribution in [0.5, 0.6) is 0 Å². The molecule has 2 N–H and O–H groups in total. The highest BCUT2D eigenvalue weighted by molar-refractivity contribution is 5.91. The molecule has 100 valence electrons. The molecule has 2 rings (SSSR count). The molecule has 0 unspecified atom stereocenters. The number of carbonyl (C=O) groups is 1. The van der Waals surface area contributed by atoms with Crippen molar-refractivity contribution >= 4 is 11.6 Å². The summed E-state index contributed by atoms with van der Waals surface area (Å²) in [6.45, 7) is 6.45. The lowest BCUT2D eigenvalue weighted by Gasteiger charge is -2.19. The number of hydrogen-bond acceptors (Lipinski definition) is 4. The molecule has 19 heavy (non-hydrogen) atoms. The second-order valence-electron chi connectivity index (χ2n) is 5.38. The molecule has 0 spiro atoms. The molecule has 0 saturated heterocycles. The second-order valence-corrected chi connectivity index (χ2v) is 5.38. The van der Waals surface area contributed by atoms with Crippen LogP contribution in [-0.2, 0) is 16.6 Å². The van der Waals surface area contributed by atoms with E-state index in [4.69, 9.17) is 0 Å². The molecule has 1 aromatic carbocycles. The number of carbonyl (C=O) groups excluding carboxylic acids is 1. The van der Waals surface area contributed by atoms with Gasteiger partial charge in [-0.15, -0.1) is 10.2 Å². The molecule has 2 aromatic rings. The van der Waals surface area contributed by atoms with Crippen LogP contribution in [0, 0.1) is 0 Å². The predicted octanol–water partition coefficient (Wildman–Crippen LogP) is 1.68. The fraction of sp³-hybridized carbons (Fsp3) is 0.385. The van der Waals surface area contributed by atoms with Crippen molar-refractivity contribution in [3.63, 3.8) is 0 Å². The third-order valence-electron chi connectivity index (χ3n) is 2.74. The van der Waals surface area contributed by atoms with Crippen molar-refractivity contribution in [2.75, 3.05) is 5.32 Å². The Morgan fingerprint density at radius 3 is 2.47 bits per heavy atom. The number of amides is 1. The lowest BCUT2D eigenvalue weighted by molar-refractivity contribution is -0.115. The first-order valence-corrected chi connectivity index (χ1v) is 6.08. The van der Waals surface area contributed by atoms with E-state index in [0.29, 0.717) is 5.82 Å². The molecule has 0 atom stereocenters. The molecule has 0 aliphatic rings. The van der Waals surface area contributed by atoms with Gasteiger partial charge in [-0.3, -0.25) is 4.79 Å². The van der Waals surface area contributed by atoms with Crippen LogP contribution in [0.4, 0.5) is 5.69 Å². The zero-order valence-electron chi connectivity index (χ0n) is 11.3. The fourth-order valence-electron chi connectivity index (χ4n) is 1.66. The molecule has 1 heterocycles. The molecule has 6 heteroatoms. The van der Waals surface area contributed by atoms with Crippen LogP contribution >= 0.6 is 0 Å². The van der Waals surface area contributed by atoms with Gasteiger partial charge in [0, 0.05) is 5.69 Å². The van der Waals surface area contributed by atoms with Crippen LogP contribution < -0.4 is 5.32 Å². The number of benzene rings is 1. The largest absolute Gasteiger partial charge is 0.326 e. The van der Waals surface area contributed by atoms with E-state index < -0.39 is 0 Å². The van der Waals surface area contributed by atoms with Crippen LogP contribution in [0.1, 0.15) is 32.2 Å². The van der Waals surface area contributed by atoms with Crippen molar-refractivity contribution in [1.29, 1.82) is 0 Å². The fourth-order valence-corrected chi connectivity index (χ4v) is 1.66. The molecule has 0 saturated carbocycles. The number of aromatic amines is 1. The third kappa shape index (κ3) is 3.61. The molecular weight excluding hydrogens is 242 g/mol. The summed E-state index contributed by atoms with van der Waals surface area (Å²) in [5.74, 6) is 0.216. The maximum atomic E-state index is 11.7. The lowest BCUT2D eigenvalue weighted by Crippen LogP contribution is -2.16. The number of anilines is 1. The van der Waals surface area contributed by atoms with Gasteiger partial charge in [-0.05, 0) is 23.1 Å². The van der Waals surface area contributed by atoms with E-state index in [1.54, 1.807) is 0 Å². The van der Waals surface area contributed by atoms with Crippen LogP contribution in [0.3, 0.4) is 0 Å². The minimum absolute atomic E-state index is 0.104. The van der Waals surface area contributed by atoms with E-state index in [0.717, 1.165) is 5.69 Å². The molecule has 0 bridgehead atoms. The first-order chi connectivity index (χ1) is 8.95. The van der Waals surface area contributed by atoms with Gasteiger partial charge < -0.3 is 5.32 Å². The first-order valence-electron chi connectivity index (χ1n) is 6.08. The molecule has 1 aromatic heterocycles. The summed E-state index contributed by atoms with van der Waals surface area (Å²) in [5.41, 5.74) is 2.10. The Bertz CT molecular complexity index is 539. The zero-order chi connectivity index (χ0) is 13.9. The number of H-pyrrole nitrogens is 1. The van der Waals surface area contributed by atoms with E-state index in [-0.39, 0.29) is 17.7 Å². The Balaban J connectivity index is 1.98. The Morgan fingerprint density at radius 2 is 1.95 bits per heavy atom. The molecule has 1 amide bonds. The van der Waals surface area contributed by atoms with Crippen molar-refractivity contribution in [3.05, 3.63) is 35.7 Å². The van der Waals surface area contributed by atoms with Gasteiger partial charge in [-0.25, -0.2) is 0 Å². The van der Waals surface area contributed by atoms with Crippen LogP contribution in [0.2, 0.25) is 0 Å². The van der Waals surface area contributed by atoms with Crippen LogP contribution in [0.25, 0.3) is 0 Å². The van der Waals surface area contributed by atoms with E-state index in [1.165, 1.54) is 5.56 Å². The van der Waals surface area contributed by atoms with Gasteiger partial charge in [0.25, 0.3) is 0 Å². The van der Waals surface area contributed by atoms with Crippen molar-refractivity contribution in [2.24, 2.45) is 0 Å². The Morgan fingerprint density at radius 1 is 1.26 bits per heavy atom. The van der Waals surface area contributed by atoms with Crippen LogP contribution in [-0.4, -0.2) is 26.5 Å². The molecule has 0 radical (unpaired) electrons. The molecule has 0 aliphatic carbocycles. The van der Waals surface area contributed by atoms with Gasteiger partial charge in [-0.2, -0.15) is 5.21 Å². The van der Waals surface area contributed by atoms with E-state index in [2.05, 4.69) is 46.7 Å². The quantitative estimate of drug-likeness (QED) is 0.878. The second kappa shape index (κ2) is 5.17. The average Bonchev–Trinajstić information content (AvgIpc) is 2.81. The number of aromatic nitrogens is 4. The highest BCUT2D eigenvalue weighted by Gasteiger charge is 2.13. The molecular formula is C13H17N5O. The van der Waals surface area contributed by atoms with Crippen molar-refractivity contribution < 1.29 is 4.79 Å². The van der Waals surface area contributed by atoms with Gasteiger partial charge in [0.05, 0.1) is 6.42 Å². The highest BCUT2D eigenvalue weighted by Crippen LogP contribution is 2.23. The maximum Gasteiger partial charge on any atom is 0.232 e.